The molecule has 0 saturated heterocycles. The van der Waals surface area contributed by atoms with Gasteiger partial charge in [-0.3, -0.25) is 24.4 Å². The highest BCUT2D eigenvalue weighted by molar-refractivity contribution is 7.20. The quantitative estimate of drug-likeness (QED) is 0.221. The Balaban J connectivity index is 1.52. The number of fused-ring (bicyclic) bond motifs is 2. The van der Waals surface area contributed by atoms with Crippen molar-refractivity contribution in [3.05, 3.63) is 51.4 Å². The molecule has 178 valence electrons. The highest BCUT2D eigenvalue weighted by Crippen LogP contribution is 2.29. The number of amides is 1. The lowest BCUT2D eigenvalue weighted by atomic mass is 10.1. The molecule has 1 aromatic carbocycles. The number of hydrogen-bond acceptors (Lipinski definition) is 10. The van der Waals surface area contributed by atoms with Crippen LogP contribution in [0.25, 0.3) is 21.3 Å². The van der Waals surface area contributed by atoms with Crippen LogP contribution in [0.1, 0.15) is 28.2 Å². The zero-order valence-electron chi connectivity index (χ0n) is 17.8. The number of benzene rings is 1. The molecule has 0 radical (unpaired) electrons. The Bertz CT molecular complexity index is 1560. The van der Waals surface area contributed by atoms with Gasteiger partial charge >= 0.3 is 11.9 Å². The number of aliphatic imine (C=N–C) groups is 1. The Hall–Kier alpha value is -4.72. The molecule has 0 aliphatic heterocycles. The first-order chi connectivity index (χ1) is 16.7. The Morgan fingerprint density at radius 1 is 1.23 bits per heavy atom. The van der Waals surface area contributed by atoms with E-state index in [1.54, 1.807) is 24.3 Å². The number of thiophene rings is 1. The fraction of sp³-hybridized carbons (Fsp3) is 0.143. The van der Waals surface area contributed by atoms with Crippen LogP contribution < -0.4 is 16.6 Å². The molecule has 0 aliphatic carbocycles. The molecule has 0 bridgehead atoms. The van der Waals surface area contributed by atoms with E-state index in [-0.39, 0.29) is 34.8 Å². The molecule has 0 fully saturated rings. The van der Waals surface area contributed by atoms with Crippen molar-refractivity contribution in [3.63, 3.8) is 0 Å². The molecule has 3 heterocycles. The van der Waals surface area contributed by atoms with Gasteiger partial charge in [0.25, 0.3) is 11.5 Å². The van der Waals surface area contributed by atoms with E-state index in [4.69, 9.17) is 10.8 Å². The van der Waals surface area contributed by atoms with E-state index in [0.29, 0.717) is 11.4 Å². The van der Waals surface area contributed by atoms with Crippen molar-refractivity contribution in [3.8, 4) is 0 Å². The molecule has 4 rings (SSSR count). The molecule has 13 nitrogen and oxygen atoms in total. The zero-order valence-corrected chi connectivity index (χ0v) is 18.6. The second kappa shape index (κ2) is 9.64. The topological polar surface area (TPSA) is 214 Å². The first kappa shape index (κ1) is 23.4. The summed E-state index contributed by atoms with van der Waals surface area (Å²) in [6.45, 7) is 0. The van der Waals surface area contributed by atoms with E-state index in [1.165, 1.54) is 12.4 Å². The first-order valence-corrected chi connectivity index (χ1v) is 10.9. The number of hydrogen-bond donors (Lipinski definition) is 5. The third-order valence-corrected chi connectivity index (χ3v) is 5.88. The SMILES string of the molecule is Nc1nc2ncc(C=Nc3ccc4cc(C(=O)NC(CCC(=O)O)C(=O)O)sc4c3)nc2c(=O)[nH]1. The van der Waals surface area contributed by atoms with Crippen LogP contribution in [0.4, 0.5) is 11.6 Å². The molecule has 4 aromatic rings. The minimum Gasteiger partial charge on any atom is -0.481 e. The van der Waals surface area contributed by atoms with Crippen molar-refractivity contribution < 1.29 is 24.6 Å². The average Bonchev–Trinajstić information content (AvgIpc) is 3.23. The van der Waals surface area contributed by atoms with Crippen molar-refractivity contribution in [2.45, 2.75) is 18.9 Å². The van der Waals surface area contributed by atoms with Crippen LogP contribution in [0.5, 0.6) is 0 Å². The Morgan fingerprint density at radius 3 is 2.77 bits per heavy atom. The van der Waals surface area contributed by atoms with E-state index in [2.05, 4.69) is 30.2 Å². The molecule has 0 spiro atoms. The zero-order chi connectivity index (χ0) is 25.1. The number of nitrogen functional groups attached to an aromatic ring is 1. The average molecular weight is 495 g/mol. The number of nitrogens with two attached hydrogens (primary N) is 1. The number of nitrogens with zero attached hydrogens (tertiary/aromatic N) is 4. The predicted octanol–water partition coefficient (Wildman–Crippen LogP) is 1.31. The van der Waals surface area contributed by atoms with Gasteiger partial charge in [-0.1, -0.05) is 6.07 Å². The predicted molar refractivity (Wildman–Crippen MR) is 127 cm³/mol. The van der Waals surface area contributed by atoms with Gasteiger partial charge in [0, 0.05) is 11.1 Å². The number of carboxylic acids is 2. The first-order valence-electron chi connectivity index (χ1n) is 10.1. The van der Waals surface area contributed by atoms with Gasteiger partial charge in [0.15, 0.2) is 11.2 Å². The van der Waals surface area contributed by atoms with Crippen molar-refractivity contribution in [2.75, 3.05) is 5.73 Å². The third kappa shape index (κ3) is 5.44. The lowest BCUT2D eigenvalue weighted by molar-refractivity contribution is -0.140. The number of nitrogens with one attached hydrogen (secondary N) is 2. The fourth-order valence-corrected chi connectivity index (χ4v) is 4.12. The summed E-state index contributed by atoms with van der Waals surface area (Å²) >= 11 is 1.14. The van der Waals surface area contributed by atoms with Gasteiger partial charge in [-0.25, -0.2) is 14.8 Å². The monoisotopic (exact) mass is 495 g/mol. The summed E-state index contributed by atoms with van der Waals surface area (Å²) in [5, 5.41) is 21.1. The van der Waals surface area contributed by atoms with E-state index in [0.717, 1.165) is 21.4 Å². The Kier molecular flexibility index (Phi) is 6.46. The van der Waals surface area contributed by atoms with Crippen LogP contribution in [0.2, 0.25) is 0 Å². The smallest absolute Gasteiger partial charge is 0.326 e. The van der Waals surface area contributed by atoms with Gasteiger partial charge in [0.05, 0.1) is 23.0 Å². The van der Waals surface area contributed by atoms with Crippen molar-refractivity contribution in [1.82, 2.24) is 25.3 Å². The van der Waals surface area contributed by atoms with E-state index in [9.17, 15) is 24.3 Å². The van der Waals surface area contributed by atoms with E-state index < -0.39 is 29.4 Å². The standard InChI is InChI=1S/C21H17N7O6S/c22-21-27-17-16(19(32)28-21)25-11(8-24-17)7-23-10-2-1-9-5-14(35-13(9)6-10)18(31)26-12(20(33)34)3-4-15(29)30/h1-2,5-8,12H,3-4H2,(H,26,31)(H,29,30)(H,33,34)(H3,22,24,27,28,32). The van der Waals surface area contributed by atoms with Crippen LogP contribution in [-0.4, -0.2) is 60.3 Å². The molecule has 35 heavy (non-hydrogen) atoms. The highest BCUT2D eigenvalue weighted by atomic mass is 32.1. The number of carbonyl (C=O) groups excluding carboxylic acids is 1. The van der Waals surface area contributed by atoms with Gasteiger partial charge in [-0.15, -0.1) is 11.3 Å². The maximum absolute atomic E-state index is 12.5. The summed E-state index contributed by atoms with van der Waals surface area (Å²) in [6.07, 6.45) is 2.20. The van der Waals surface area contributed by atoms with Crippen molar-refractivity contribution >= 4 is 68.3 Å². The van der Waals surface area contributed by atoms with E-state index in [1.807, 2.05) is 0 Å². The summed E-state index contributed by atoms with van der Waals surface area (Å²) in [5.41, 5.74) is 5.97. The van der Waals surface area contributed by atoms with Gasteiger partial charge in [-0.2, -0.15) is 4.98 Å². The molecule has 1 amide bonds. The molecule has 3 aromatic heterocycles. The lowest BCUT2D eigenvalue weighted by Gasteiger charge is -2.12. The van der Waals surface area contributed by atoms with Crippen LogP contribution in [0.3, 0.4) is 0 Å². The lowest BCUT2D eigenvalue weighted by Crippen LogP contribution is -2.40. The fourth-order valence-electron chi connectivity index (χ4n) is 3.12. The summed E-state index contributed by atoms with van der Waals surface area (Å²) < 4.78 is 0.725. The van der Waals surface area contributed by atoms with Crippen LogP contribution >= 0.6 is 11.3 Å². The summed E-state index contributed by atoms with van der Waals surface area (Å²) in [7, 11) is 0. The van der Waals surface area contributed by atoms with Crippen molar-refractivity contribution in [2.24, 2.45) is 4.99 Å². The molecule has 0 saturated carbocycles. The van der Waals surface area contributed by atoms with Gasteiger partial charge in [-0.05, 0) is 30.0 Å². The second-order valence-corrected chi connectivity index (χ2v) is 8.39. The molecule has 0 aliphatic rings. The van der Waals surface area contributed by atoms with Gasteiger partial charge in [0.1, 0.15) is 11.7 Å². The number of aromatic amines is 1. The minimum absolute atomic E-state index is 0.0236. The Labute approximate surface area is 199 Å². The minimum atomic E-state index is -1.31. The van der Waals surface area contributed by atoms with E-state index >= 15 is 0 Å². The second-order valence-electron chi connectivity index (χ2n) is 7.31. The summed E-state index contributed by atoms with van der Waals surface area (Å²) in [5.74, 6) is -3.13. The maximum Gasteiger partial charge on any atom is 0.326 e. The van der Waals surface area contributed by atoms with Gasteiger partial charge in [0.2, 0.25) is 5.95 Å². The number of anilines is 1. The number of rotatable bonds is 8. The molecule has 1 unspecified atom stereocenters. The molecule has 14 heteroatoms. The normalized spacial score (nSPS) is 12.2. The number of carboxylic acid groups (broad SMARTS) is 2. The molecule has 6 N–H and O–H groups in total. The number of aromatic nitrogens is 4. The summed E-state index contributed by atoms with van der Waals surface area (Å²) in [4.78, 5) is 65.7. The summed E-state index contributed by atoms with van der Waals surface area (Å²) in [6, 6.07) is 5.49. The number of aliphatic carboxylic acids is 2. The highest BCUT2D eigenvalue weighted by Gasteiger charge is 2.22. The maximum atomic E-state index is 12.5. The number of carbonyl (C=O) groups is 3. The Morgan fingerprint density at radius 2 is 2.03 bits per heavy atom. The van der Waals surface area contributed by atoms with Crippen molar-refractivity contribution in [1.29, 1.82) is 0 Å². The van der Waals surface area contributed by atoms with Gasteiger partial charge < -0.3 is 21.3 Å². The number of H-pyrrole nitrogens is 1. The van der Waals surface area contributed by atoms with Crippen LogP contribution in [-0.2, 0) is 9.59 Å². The largest absolute Gasteiger partial charge is 0.481 e. The third-order valence-electron chi connectivity index (χ3n) is 4.78. The van der Waals surface area contributed by atoms with Crippen LogP contribution in [0.15, 0.2) is 40.2 Å². The molecule has 1 atom stereocenters. The van der Waals surface area contributed by atoms with Crippen LogP contribution in [0, 0.1) is 0 Å². The molecular weight excluding hydrogens is 478 g/mol. The molecular formula is C21H17N7O6S.